The van der Waals surface area contributed by atoms with Crippen LogP contribution in [-0.2, 0) is 16.0 Å². The van der Waals surface area contributed by atoms with Gasteiger partial charge >= 0.3 is 11.9 Å². The van der Waals surface area contributed by atoms with Gasteiger partial charge in [0.1, 0.15) is 6.04 Å². The van der Waals surface area contributed by atoms with Gasteiger partial charge in [0, 0.05) is 28.8 Å². The van der Waals surface area contributed by atoms with Crippen molar-refractivity contribution in [2.75, 3.05) is 5.32 Å². The van der Waals surface area contributed by atoms with Gasteiger partial charge in [-0.1, -0.05) is 47.1 Å². The molecular formula is C28H22ClN5O6. The van der Waals surface area contributed by atoms with Crippen molar-refractivity contribution in [2.24, 2.45) is 0 Å². The van der Waals surface area contributed by atoms with Crippen LogP contribution in [0.1, 0.15) is 32.0 Å². The Kier molecular flexibility index (Phi) is 8.67. The van der Waals surface area contributed by atoms with Crippen LogP contribution in [0.25, 0.3) is 11.8 Å². The highest BCUT2D eigenvalue weighted by Gasteiger charge is 2.21. The lowest BCUT2D eigenvalue weighted by atomic mass is 10.0. The molecule has 40 heavy (non-hydrogen) atoms. The van der Waals surface area contributed by atoms with Crippen LogP contribution in [0.5, 0.6) is 0 Å². The molecule has 0 saturated heterocycles. The number of benzene rings is 3. The van der Waals surface area contributed by atoms with Crippen molar-refractivity contribution >= 4 is 47.1 Å². The van der Waals surface area contributed by atoms with Crippen LogP contribution >= 0.6 is 11.6 Å². The van der Waals surface area contributed by atoms with Crippen molar-refractivity contribution in [2.45, 2.75) is 12.5 Å². The Bertz CT molecular complexity index is 1580. The summed E-state index contributed by atoms with van der Waals surface area (Å²) in [4.78, 5) is 48.4. The number of rotatable bonds is 10. The Morgan fingerprint density at radius 2 is 1.68 bits per heavy atom. The number of carboxylic acids is 2. The molecule has 0 bridgehead atoms. The lowest BCUT2D eigenvalue weighted by molar-refractivity contribution is -0.123. The van der Waals surface area contributed by atoms with Gasteiger partial charge in [-0.15, -0.1) is 5.10 Å². The van der Waals surface area contributed by atoms with Gasteiger partial charge in [0.15, 0.2) is 5.69 Å². The van der Waals surface area contributed by atoms with Crippen LogP contribution in [0, 0.1) is 0 Å². The second-order valence-corrected chi connectivity index (χ2v) is 8.95. The minimum Gasteiger partial charge on any atom is -0.478 e. The summed E-state index contributed by atoms with van der Waals surface area (Å²) in [5.41, 5.74) is 1.88. The molecule has 2 amide bonds. The molecule has 0 fully saturated rings. The third-order valence-corrected chi connectivity index (χ3v) is 5.91. The van der Waals surface area contributed by atoms with Gasteiger partial charge in [-0.3, -0.25) is 9.59 Å². The van der Waals surface area contributed by atoms with Gasteiger partial charge in [0.05, 0.1) is 17.4 Å². The lowest BCUT2D eigenvalue weighted by Gasteiger charge is -2.18. The number of halogens is 1. The van der Waals surface area contributed by atoms with Crippen LogP contribution in [0.4, 0.5) is 5.69 Å². The van der Waals surface area contributed by atoms with E-state index in [1.165, 1.54) is 47.3 Å². The van der Waals surface area contributed by atoms with E-state index in [4.69, 9.17) is 21.8 Å². The Hall–Kier alpha value is -5.29. The van der Waals surface area contributed by atoms with Gasteiger partial charge < -0.3 is 20.8 Å². The molecular weight excluding hydrogens is 538 g/mol. The first-order chi connectivity index (χ1) is 19.2. The van der Waals surface area contributed by atoms with Crippen molar-refractivity contribution in [1.82, 2.24) is 20.3 Å². The van der Waals surface area contributed by atoms with E-state index in [9.17, 15) is 19.2 Å². The first-order valence-corrected chi connectivity index (χ1v) is 12.2. The highest BCUT2D eigenvalue weighted by Crippen LogP contribution is 2.21. The average molecular weight is 560 g/mol. The Morgan fingerprint density at radius 1 is 0.950 bits per heavy atom. The molecule has 1 aromatic heterocycles. The Morgan fingerprint density at radius 3 is 2.33 bits per heavy atom. The van der Waals surface area contributed by atoms with Crippen LogP contribution < -0.4 is 10.6 Å². The SMILES string of the molecule is O=C(/C=C/c1cc(Cl)ccc1-n1cc(C(=O)O)nn1)N[C@@H](Cc1ccccc1)C(=O)Nc1ccc(C(=O)O)cc1. The summed E-state index contributed by atoms with van der Waals surface area (Å²) in [6.07, 6.45) is 4.10. The quantitative estimate of drug-likeness (QED) is 0.214. The molecule has 0 aliphatic carbocycles. The van der Waals surface area contributed by atoms with Crippen LogP contribution in [0.2, 0.25) is 5.02 Å². The van der Waals surface area contributed by atoms with Crippen molar-refractivity contribution in [3.05, 3.63) is 112 Å². The molecule has 0 saturated carbocycles. The summed E-state index contributed by atoms with van der Waals surface area (Å²) in [5, 5.41) is 31.4. The monoisotopic (exact) mass is 559 g/mol. The number of carbonyl (C=O) groups is 4. The molecule has 4 aromatic rings. The third kappa shape index (κ3) is 7.17. The van der Waals surface area contributed by atoms with E-state index in [1.54, 1.807) is 18.2 Å². The van der Waals surface area contributed by atoms with E-state index in [2.05, 4.69) is 20.9 Å². The molecule has 0 aliphatic rings. The molecule has 202 valence electrons. The second kappa shape index (κ2) is 12.5. The summed E-state index contributed by atoms with van der Waals surface area (Å²) in [6, 6.07) is 18.6. The summed E-state index contributed by atoms with van der Waals surface area (Å²) < 4.78 is 1.25. The summed E-state index contributed by atoms with van der Waals surface area (Å²) >= 11 is 6.14. The lowest BCUT2D eigenvalue weighted by Crippen LogP contribution is -2.44. The maximum absolute atomic E-state index is 13.1. The average Bonchev–Trinajstić information content (AvgIpc) is 3.43. The Balaban J connectivity index is 1.53. The normalized spacial score (nSPS) is 11.6. The number of hydrogen-bond acceptors (Lipinski definition) is 6. The molecule has 4 N–H and O–H groups in total. The first kappa shape index (κ1) is 27.7. The molecule has 3 aromatic carbocycles. The van der Waals surface area contributed by atoms with Gasteiger partial charge in [0.2, 0.25) is 11.8 Å². The number of aromatic carboxylic acids is 2. The van der Waals surface area contributed by atoms with E-state index < -0.39 is 29.8 Å². The first-order valence-electron chi connectivity index (χ1n) is 11.8. The third-order valence-electron chi connectivity index (χ3n) is 5.68. The van der Waals surface area contributed by atoms with Gasteiger partial charge in [-0.2, -0.15) is 0 Å². The maximum atomic E-state index is 13.1. The minimum atomic E-state index is -1.24. The number of anilines is 1. The molecule has 11 nitrogen and oxygen atoms in total. The highest BCUT2D eigenvalue weighted by atomic mass is 35.5. The van der Waals surface area contributed by atoms with Crippen molar-refractivity contribution in [3.63, 3.8) is 0 Å². The van der Waals surface area contributed by atoms with E-state index in [1.807, 2.05) is 30.3 Å². The molecule has 0 radical (unpaired) electrons. The summed E-state index contributed by atoms with van der Waals surface area (Å²) in [7, 11) is 0. The molecule has 0 unspecified atom stereocenters. The van der Waals surface area contributed by atoms with Crippen molar-refractivity contribution in [3.8, 4) is 5.69 Å². The summed E-state index contributed by atoms with van der Waals surface area (Å²) in [5.74, 6) is -3.40. The fourth-order valence-corrected chi connectivity index (χ4v) is 3.90. The van der Waals surface area contributed by atoms with Gasteiger partial charge in [0.25, 0.3) is 0 Å². The minimum absolute atomic E-state index is 0.0720. The summed E-state index contributed by atoms with van der Waals surface area (Å²) in [6.45, 7) is 0. The molecule has 4 rings (SSSR count). The molecule has 0 spiro atoms. The predicted molar refractivity (Wildman–Crippen MR) is 146 cm³/mol. The fraction of sp³-hybridized carbons (Fsp3) is 0.0714. The van der Waals surface area contributed by atoms with Crippen LogP contribution in [0.15, 0.2) is 85.1 Å². The molecule has 1 atom stereocenters. The van der Waals surface area contributed by atoms with Crippen molar-refractivity contribution in [1.29, 1.82) is 0 Å². The highest BCUT2D eigenvalue weighted by molar-refractivity contribution is 6.30. The second-order valence-electron chi connectivity index (χ2n) is 8.51. The number of nitrogens with zero attached hydrogens (tertiary/aromatic N) is 3. The van der Waals surface area contributed by atoms with Crippen LogP contribution in [0.3, 0.4) is 0 Å². The zero-order valence-corrected chi connectivity index (χ0v) is 21.4. The van der Waals surface area contributed by atoms with Crippen LogP contribution in [-0.4, -0.2) is 55.0 Å². The number of hydrogen-bond donors (Lipinski definition) is 4. The number of aromatic nitrogens is 3. The van der Waals surface area contributed by atoms with E-state index in [0.29, 0.717) is 22.0 Å². The van der Waals surface area contributed by atoms with Gasteiger partial charge in [-0.05, 0) is 54.1 Å². The Labute approximate surface area is 232 Å². The van der Waals surface area contributed by atoms with E-state index >= 15 is 0 Å². The molecule has 12 heteroatoms. The predicted octanol–water partition coefficient (Wildman–Crippen LogP) is 3.70. The number of amides is 2. The van der Waals surface area contributed by atoms with E-state index in [-0.39, 0.29) is 17.7 Å². The topological polar surface area (TPSA) is 164 Å². The number of carboxylic acid groups (broad SMARTS) is 2. The fourth-order valence-electron chi connectivity index (χ4n) is 3.72. The largest absolute Gasteiger partial charge is 0.478 e. The zero-order chi connectivity index (χ0) is 28.6. The number of carbonyl (C=O) groups excluding carboxylic acids is 2. The standard InChI is InChI=1S/C28H22ClN5O6/c29-20-9-12-24(34-16-23(28(39)40)32-33-34)19(15-20)8-13-25(35)31-22(14-17-4-2-1-3-5-17)26(36)30-21-10-6-18(7-11-21)27(37)38/h1-13,15-16,22H,14H2,(H,30,36)(H,31,35)(H,37,38)(H,39,40)/b13-8+/t22-/m0/s1. The molecule has 0 aliphatic heterocycles. The maximum Gasteiger partial charge on any atom is 0.358 e. The number of nitrogens with one attached hydrogen (secondary N) is 2. The van der Waals surface area contributed by atoms with E-state index in [0.717, 1.165) is 5.56 Å². The smallest absolute Gasteiger partial charge is 0.358 e. The van der Waals surface area contributed by atoms with Gasteiger partial charge in [-0.25, -0.2) is 14.3 Å². The van der Waals surface area contributed by atoms with Crippen molar-refractivity contribution < 1.29 is 29.4 Å². The zero-order valence-electron chi connectivity index (χ0n) is 20.7. The molecule has 1 heterocycles.